The summed E-state index contributed by atoms with van der Waals surface area (Å²) in [6.45, 7) is 2.44. The topological polar surface area (TPSA) is 19.0 Å². The first-order valence-corrected chi connectivity index (χ1v) is 6.09. The maximum atomic E-state index is 3.56. The standard InChI is InChI=1S/C14H18N2/c1-16-8-6-11(7-9-16)14-10-12-4-2-3-5-13(12)15-14/h2-5,10-11,15H,6-9H2,1H3. The van der Waals surface area contributed by atoms with Crippen molar-refractivity contribution in [1.82, 2.24) is 9.88 Å². The largest absolute Gasteiger partial charge is 0.358 e. The van der Waals surface area contributed by atoms with Crippen molar-refractivity contribution in [2.24, 2.45) is 0 Å². The molecule has 0 bridgehead atoms. The average molecular weight is 214 g/mol. The lowest BCUT2D eigenvalue weighted by atomic mass is 9.94. The quantitative estimate of drug-likeness (QED) is 0.773. The van der Waals surface area contributed by atoms with Gasteiger partial charge in [-0.1, -0.05) is 18.2 Å². The second kappa shape index (κ2) is 3.95. The third-order valence-electron chi connectivity index (χ3n) is 3.71. The van der Waals surface area contributed by atoms with E-state index in [2.05, 4.69) is 47.3 Å². The van der Waals surface area contributed by atoms with Crippen LogP contribution in [0.2, 0.25) is 0 Å². The molecule has 0 saturated carbocycles. The second-order valence-electron chi connectivity index (χ2n) is 4.89. The van der Waals surface area contributed by atoms with Gasteiger partial charge in [0, 0.05) is 17.1 Å². The Hall–Kier alpha value is -1.28. The van der Waals surface area contributed by atoms with Crippen LogP contribution in [0, 0.1) is 0 Å². The summed E-state index contributed by atoms with van der Waals surface area (Å²) < 4.78 is 0. The molecule has 2 aromatic rings. The van der Waals surface area contributed by atoms with E-state index in [0.29, 0.717) is 0 Å². The summed E-state index contributed by atoms with van der Waals surface area (Å²) >= 11 is 0. The Morgan fingerprint density at radius 1 is 1.19 bits per heavy atom. The number of likely N-dealkylation sites (tertiary alicyclic amines) is 1. The minimum Gasteiger partial charge on any atom is -0.358 e. The van der Waals surface area contributed by atoms with Crippen molar-refractivity contribution >= 4 is 10.9 Å². The van der Waals surface area contributed by atoms with Gasteiger partial charge >= 0.3 is 0 Å². The van der Waals surface area contributed by atoms with E-state index in [1.54, 1.807) is 0 Å². The lowest BCUT2D eigenvalue weighted by molar-refractivity contribution is 0.254. The van der Waals surface area contributed by atoms with Gasteiger partial charge in [0.2, 0.25) is 0 Å². The van der Waals surface area contributed by atoms with Crippen LogP contribution >= 0.6 is 0 Å². The number of aromatic nitrogens is 1. The number of benzene rings is 1. The van der Waals surface area contributed by atoms with E-state index in [4.69, 9.17) is 0 Å². The Labute approximate surface area is 96.3 Å². The first-order valence-electron chi connectivity index (χ1n) is 6.09. The van der Waals surface area contributed by atoms with Crippen LogP contribution in [0.1, 0.15) is 24.5 Å². The van der Waals surface area contributed by atoms with E-state index in [-0.39, 0.29) is 0 Å². The SMILES string of the molecule is CN1CCC(c2cc3ccccc3[nH]2)CC1. The Balaban J connectivity index is 1.88. The van der Waals surface area contributed by atoms with Crippen molar-refractivity contribution in [3.63, 3.8) is 0 Å². The predicted molar refractivity (Wildman–Crippen MR) is 67.8 cm³/mol. The molecule has 1 saturated heterocycles. The van der Waals surface area contributed by atoms with Crippen LogP contribution in [0.15, 0.2) is 30.3 Å². The normalized spacial score (nSPS) is 19.3. The van der Waals surface area contributed by atoms with Gasteiger partial charge in [0.25, 0.3) is 0 Å². The van der Waals surface area contributed by atoms with Gasteiger partial charge in [-0.3, -0.25) is 0 Å². The molecule has 0 atom stereocenters. The zero-order valence-electron chi connectivity index (χ0n) is 9.74. The number of rotatable bonds is 1. The van der Waals surface area contributed by atoms with E-state index in [1.807, 2.05) is 0 Å². The highest BCUT2D eigenvalue weighted by atomic mass is 15.1. The molecule has 84 valence electrons. The molecule has 16 heavy (non-hydrogen) atoms. The van der Waals surface area contributed by atoms with Gasteiger partial charge in [-0.05, 0) is 50.5 Å². The molecule has 2 nitrogen and oxygen atoms in total. The summed E-state index contributed by atoms with van der Waals surface area (Å²) in [6.07, 6.45) is 2.56. The summed E-state index contributed by atoms with van der Waals surface area (Å²) in [5.41, 5.74) is 2.70. The minimum absolute atomic E-state index is 0.726. The molecule has 0 unspecified atom stereocenters. The summed E-state index contributed by atoms with van der Waals surface area (Å²) in [6, 6.07) is 10.9. The molecule has 1 aliphatic heterocycles. The fourth-order valence-electron chi connectivity index (χ4n) is 2.64. The van der Waals surface area contributed by atoms with Crippen molar-refractivity contribution in [3.05, 3.63) is 36.0 Å². The van der Waals surface area contributed by atoms with Gasteiger partial charge in [-0.2, -0.15) is 0 Å². The zero-order valence-corrected chi connectivity index (χ0v) is 9.74. The van der Waals surface area contributed by atoms with E-state index < -0.39 is 0 Å². The highest BCUT2D eigenvalue weighted by Crippen LogP contribution is 2.29. The maximum Gasteiger partial charge on any atom is 0.0456 e. The van der Waals surface area contributed by atoms with Gasteiger partial charge in [0.1, 0.15) is 0 Å². The highest BCUT2D eigenvalue weighted by molar-refractivity contribution is 5.80. The van der Waals surface area contributed by atoms with E-state index in [0.717, 1.165) is 5.92 Å². The fourth-order valence-corrected chi connectivity index (χ4v) is 2.64. The maximum absolute atomic E-state index is 3.56. The van der Waals surface area contributed by atoms with Crippen LogP contribution in [0.5, 0.6) is 0 Å². The molecule has 1 aromatic carbocycles. The molecule has 3 rings (SSSR count). The van der Waals surface area contributed by atoms with E-state index in [1.165, 1.54) is 42.5 Å². The molecule has 1 fully saturated rings. The van der Waals surface area contributed by atoms with Crippen molar-refractivity contribution in [2.75, 3.05) is 20.1 Å². The molecule has 0 radical (unpaired) electrons. The molecule has 0 spiro atoms. The first-order chi connectivity index (χ1) is 7.83. The summed E-state index contributed by atoms with van der Waals surface area (Å²) in [5.74, 6) is 0.726. The number of nitrogens with zero attached hydrogens (tertiary/aromatic N) is 1. The molecule has 0 amide bonds. The lowest BCUT2D eigenvalue weighted by Gasteiger charge is -2.28. The summed E-state index contributed by atoms with van der Waals surface area (Å²) in [5, 5.41) is 1.34. The Morgan fingerprint density at radius 2 is 1.94 bits per heavy atom. The van der Waals surface area contributed by atoms with E-state index in [9.17, 15) is 0 Å². The fraction of sp³-hybridized carbons (Fsp3) is 0.429. The zero-order chi connectivity index (χ0) is 11.0. The number of fused-ring (bicyclic) bond motifs is 1. The van der Waals surface area contributed by atoms with Crippen molar-refractivity contribution in [3.8, 4) is 0 Å². The van der Waals surface area contributed by atoms with Gasteiger partial charge in [-0.15, -0.1) is 0 Å². The van der Waals surface area contributed by atoms with Crippen LogP contribution in [-0.4, -0.2) is 30.0 Å². The number of hydrogen-bond donors (Lipinski definition) is 1. The van der Waals surface area contributed by atoms with Gasteiger partial charge in [-0.25, -0.2) is 0 Å². The third kappa shape index (κ3) is 1.74. The van der Waals surface area contributed by atoms with E-state index >= 15 is 0 Å². The lowest BCUT2D eigenvalue weighted by Crippen LogP contribution is -2.29. The summed E-state index contributed by atoms with van der Waals surface area (Å²) in [7, 11) is 2.21. The molecule has 2 heteroatoms. The number of aromatic amines is 1. The Kier molecular flexibility index (Phi) is 2.44. The molecule has 2 heterocycles. The molecule has 1 aromatic heterocycles. The van der Waals surface area contributed by atoms with Gasteiger partial charge in [0.05, 0.1) is 0 Å². The average Bonchev–Trinajstić information content (AvgIpc) is 2.73. The molecular weight excluding hydrogens is 196 g/mol. The highest BCUT2D eigenvalue weighted by Gasteiger charge is 2.19. The van der Waals surface area contributed by atoms with Crippen molar-refractivity contribution < 1.29 is 0 Å². The van der Waals surface area contributed by atoms with Gasteiger partial charge < -0.3 is 9.88 Å². The Bertz CT molecular complexity index is 445. The molecular formula is C14H18N2. The predicted octanol–water partition coefficient (Wildman–Crippen LogP) is 2.98. The second-order valence-corrected chi connectivity index (χ2v) is 4.89. The molecule has 0 aliphatic carbocycles. The van der Waals surface area contributed by atoms with Crippen LogP contribution in [0.4, 0.5) is 0 Å². The summed E-state index contributed by atoms with van der Waals surface area (Å²) in [4.78, 5) is 5.98. The van der Waals surface area contributed by atoms with Crippen molar-refractivity contribution in [2.45, 2.75) is 18.8 Å². The van der Waals surface area contributed by atoms with Gasteiger partial charge in [0.15, 0.2) is 0 Å². The van der Waals surface area contributed by atoms with Crippen LogP contribution in [0.25, 0.3) is 10.9 Å². The van der Waals surface area contributed by atoms with Crippen molar-refractivity contribution in [1.29, 1.82) is 0 Å². The first kappa shape index (κ1) is 9.91. The number of nitrogens with one attached hydrogen (secondary N) is 1. The molecule has 1 aliphatic rings. The minimum atomic E-state index is 0.726. The van der Waals surface area contributed by atoms with Crippen LogP contribution < -0.4 is 0 Å². The number of para-hydroxylation sites is 1. The molecule has 1 N–H and O–H groups in total. The third-order valence-corrected chi connectivity index (χ3v) is 3.71. The number of H-pyrrole nitrogens is 1. The van der Waals surface area contributed by atoms with Crippen LogP contribution in [0.3, 0.4) is 0 Å². The Morgan fingerprint density at radius 3 is 2.69 bits per heavy atom. The monoisotopic (exact) mass is 214 g/mol. The number of piperidine rings is 1. The smallest absolute Gasteiger partial charge is 0.0456 e. The van der Waals surface area contributed by atoms with Crippen LogP contribution in [-0.2, 0) is 0 Å². The number of hydrogen-bond acceptors (Lipinski definition) is 1.